The summed E-state index contributed by atoms with van der Waals surface area (Å²) in [5.74, 6) is 0.0599. The number of esters is 1. The summed E-state index contributed by atoms with van der Waals surface area (Å²) in [4.78, 5) is 10.9. The van der Waals surface area contributed by atoms with Crippen LogP contribution in [0.5, 0.6) is 0 Å². The molecule has 2 unspecified atom stereocenters. The first-order valence-electron chi connectivity index (χ1n) is 4.26. The van der Waals surface area contributed by atoms with Gasteiger partial charge in [0, 0.05) is 5.57 Å². The maximum Gasteiger partial charge on any atom is 0.334 e. The Bertz CT molecular complexity index is 240. The fourth-order valence-electron chi connectivity index (χ4n) is 1.44. The smallest absolute Gasteiger partial charge is 0.334 e. The summed E-state index contributed by atoms with van der Waals surface area (Å²) in [5, 5.41) is 9.60. The van der Waals surface area contributed by atoms with E-state index >= 15 is 0 Å². The van der Waals surface area contributed by atoms with Gasteiger partial charge in [-0.25, -0.2) is 4.79 Å². The van der Waals surface area contributed by atoms with Crippen LogP contribution in [0.2, 0.25) is 0 Å². The summed E-state index contributed by atoms with van der Waals surface area (Å²) in [5.41, 5.74) is 0.611. The van der Waals surface area contributed by atoms with Crippen LogP contribution >= 0.6 is 0 Å². The average molecular weight is 168 g/mol. The van der Waals surface area contributed by atoms with E-state index in [-0.39, 0.29) is 12.1 Å². The quantitative estimate of drug-likeness (QED) is 0.615. The lowest BCUT2D eigenvalue weighted by Gasteiger charge is -2.14. The topological polar surface area (TPSA) is 46.5 Å². The number of ether oxygens (including phenoxy) is 1. The Hall–Kier alpha value is -0.830. The van der Waals surface area contributed by atoms with Crippen molar-refractivity contribution >= 4 is 5.97 Å². The Morgan fingerprint density at radius 2 is 2.33 bits per heavy atom. The number of carbonyl (C=O) groups excluding carboxylic acids is 1. The molecule has 1 aliphatic carbocycles. The summed E-state index contributed by atoms with van der Waals surface area (Å²) in [7, 11) is 0. The van der Waals surface area contributed by atoms with E-state index in [0.29, 0.717) is 11.5 Å². The van der Waals surface area contributed by atoms with Crippen LogP contribution < -0.4 is 0 Å². The molecule has 0 aromatic carbocycles. The number of hydrogen-bond donors (Lipinski definition) is 1. The third kappa shape index (κ3) is 1.25. The van der Waals surface area contributed by atoms with Crippen LogP contribution in [0.15, 0.2) is 11.6 Å². The fraction of sp³-hybridized carbons (Fsp3) is 0.667. The van der Waals surface area contributed by atoms with Crippen LogP contribution in [0, 0.1) is 5.92 Å². The molecule has 0 radical (unpaired) electrons. The Labute approximate surface area is 71.0 Å². The predicted molar refractivity (Wildman–Crippen MR) is 42.4 cm³/mol. The van der Waals surface area contributed by atoms with Crippen LogP contribution in [0.1, 0.15) is 19.8 Å². The van der Waals surface area contributed by atoms with Crippen molar-refractivity contribution in [3.63, 3.8) is 0 Å². The fourth-order valence-corrected chi connectivity index (χ4v) is 1.44. The molecular weight excluding hydrogens is 156 g/mol. The van der Waals surface area contributed by atoms with E-state index in [4.69, 9.17) is 4.74 Å². The zero-order valence-corrected chi connectivity index (χ0v) is 6.99. The van der Waals surface area contributed by atoms with Crippen molar-refractivity contribution in [2.45, 2.75) is 32.0 Å². The lowest BCUT2D eigenvalue weighted by atomic mass is 10.1. The van der Waals surface area contributed by atoms with E-state index in [9.17, 15) is 9.90 Å². The molecule has 2 rings (SSSR count). The van der Waals surface area contributed by atoms with Crippen LogP contribution in [-0.2, 0) is 9.53 Å². The molecule has 0 spiro atoms. The molecule has 0 aromatic rings. The van der Waals surface area contributed by atoms with Gasteiger partial charge in [-0.05, 0) is 31.8 Å². The van der Waals surface area contributed by atoms with Gasteiger partial charge in [0.25, 0.3) is 0 Å². The molecule has 3 nitrogen and oxygen atoms in total. The summed E-state index contributed by atoms with van der Waals surface area (Å²) in [6.45, 7) is 1.71. The average Bonchev–Trinajstić information content (AvgIpc) is 2.80. The molecule has 1 aliphatic heterocycles. The first-order chi connectivity index (χ1) is 5.68. The van der Waals surface area contributed by atoms with Gasteiger partial charge in [0.2, 0.25) is 0 Å². The summed E-state index contributed by atoms with van der Waals surface area (Å²) in [6.07, 6.45) is 2.96. The van der Waals surface area contributed by atoms with Crippen molar-refractivity contribution in [1.29, 1.82) is 0 Å². The first-order valence-corrected chi connectivity index (χ1v) is 4.26. The first kappa shape index (κ1) is 7.80. The zero-order valence-electron chi connectivity index (χ0n) is 6.99. The second kappa shape index (κ2) is 2.59. The summed E-state index contributed by atoms with van der Waals surface area (Å²) >= 11 is 0. The molecule has 0 bridgehead atoms. The van der Waals surface area contributed by atoms with Gasteiger partial charge in [0.15, 0.2) is 0 Å². The molecule has 3 heteroatoms. The third-order valence-corrected chi connectivity index (χ3v) is 2.42. The zero-order chi connectivity index (χ0) is 8.72. The molecule has 2 atom stereocenters. The van der Waals surface area contributed by atoms with Gasteiger partial charge in [0.1, 0.15) is 6.10 Å². The van der Waals surface area contributed by atoms with Crippen molar-refractivity contribution in [3.05, 3.63) is 11.6 Å². The second-order valence-electron chi connectivity index (χ2n) is 3.55. The van der Waals surface area contributed by atoms with Gasteiger partial charge in [-0.15, -0.1) is 0 Å². The maximum atomic E-state index is 10.9. The van der Waals surface area contributed by atoms with Gasteiger partial charge in [-0.3, -0.25) is 0 Å². The van der Waals surface area contributed by atoms with Crippen molar-refractivity contribution in [1.82, 2.24) is 0 Å². The number of aliphatic hydroxyl groups excluding tert-OH is 1. The van der Waals surface area contributed by atoms with Crippen molar-refractivity contribution < 1.29 is 14.6 Å². The molecule has 1 saturated carbocycles. The van der Waals surface area contributed by atoms with Gasteiger partial charge in [-0.2, -0.15) is 0 Å². The molecule has 1 heterocycles. The van der Waals surface area contributed by atoms with E-state index in [1.165, 1.54) is 0 Å². The van der Waals surface area contributed by atoms with Gasteiger partial charge in [-0.1, -0.05) is 0 Å². The number of hydrogen-bond acceptors (Lipinski definition) is 3. The monoisotopic (exact) mass is 168 g/mol. The van der Waals surface area contributed by atoms with Gasteiger partial charge >= 0.3 is 5.97 Å². The molecule has 2 aliphatic rings. The molecule has 1 fully saturated rings. The largest absolute Gasteiger partial charge is 0.452 e. The number of aliphatic hydroxyl groups is 1. The highest BCUT2D eigenvalue weighted by Crippen LogP contribution is 2.36. The van der Waals surface area contributed by atoms with Crippen LogP contribution in [0.4, 0.5) is 0 Å². The highest BCUT2D eigenvalue weighted by molar-refractivity contribution is 5.90. The van der Waals surface area contributed by atoms with Crippen LogP contribution in [0.3, 0.4) is 0 Å². The number of carbonyl (C=O) groups is 1. The highest BCUT2D eigenvalue weighted by Gasteiger charge is 2.38. The minimum absolute atomic E-state index is 0.292. The number of rotatable bonds is 2. The van der Waals surface area contributed by atoms with Gasteiger partial charge < -0.3 is 9.84 Å². The van der Waals surface area contributed by atoms with E-state index < -0.39 is 6.10 Å². The normalized spacial score (nSPS) is 31.3. The molecular formula is C9H12O3. The SMILES string of the molecule is CC1=CC(C(O)C2CC2)OC1=O. The van der Waals surface area contributed by atoms with E-state index in [0.717, 1.165) is 12.8 Å². The van der Waals surface area contributed by atoms with Gasteiger partial charge in [0.05, 0.1) is 6.10 Å². The van der Waals surface area contributed by atoms with Crippen LogP contribution in [-0.4, -0.2) is 23.3 Å². The van der Waals surface area contributed by atoms with Crippen molar-refractivity contribution in [3.8, 4) is 0 Å². The Morgan fingerprint density at radius 3 is 2.75 bits per heavy atom. The van der Waals surface area contributed by atoms with E-state index in [1.54, 1.807) is 13.0 Å². The van der Waals surface area contributed by atoms with E-state index in [1.807, 2.05) is 0 Å². The second-order valence-corrected chi connectivity index (χ2v) is 3.55. The summed E-state index contributed by atoms with van der Waals surface area (Å²) in [6, 6.07) is 0. The Morgan fingerprint density at radius 1 is 1.67 bits per heavy atom. The summed E-state index contributed by atoms with van der Waals surface area (Å²) < 4.78 is 4.96. The molecule has 0 saturated heterocycles. The third-order valence-electron chi connectivity index (χ3n) is 2.42. The van der Waals surface area contributed by atoms with E-state index in [2.05, 4.69) is 0 Å². The van der Waals surface area contributed by atoms with Crippen molar-refractivity contribution in [2.24, 2.45) is 5.92 Å². The molecule has 12 heavy (non-hydrogen) atoms. The highest BCUT2D eigenvalue weighted by atomic mass is 16.6. The molecule has 0 aromatic heterocycles. The maximum absolute atomic E-state index is 10.9. The molecule has 66 valence electrons. The van der Waals surface area contributed by atoms with Crippen LogP contribution in [0.25, 0.3) is 0 Å². The molecule has 0 amide bonds. The Balaban J connectivity index is 2.02. The Kier molecular flexibility index (Phi) is 1.68. The predicted octanol–water partition coefficient (Wildman–Crippen LogP) is 0.629. The number of cyclic esters (lactones) is 1. The lowest BCUT2D eigenvalue weighted by Crippen LogP contribution is -2.27. The standard InChI is InChI=1S/C9H12O3/c1-5-4-7(12-9(5)11)8(10)6-2-3-6/h4,6-8,10H,2-3H2,1H3. The minimum Gasteiger partial charge on any atom is -0.452 e. The minimum atomic E-state index is -0.480. The van der Waals surface area contributed by atoms with Crippen molar-refractivity contribution in [2.75, 3.05) is 0 Å². The lowest BCUT2D eigenvalue weighted by molar-refractivity contribution is -0.144. The molecule has 1 N–H and O–H groups in total.